The Balaban J connectivity index is 0.000000207. The summed E-state index contributed by atoms with van der Waals surface area (Å²) in [6.45, 7) is 18.6. The standard InChI is InChI=1S/C24H24N.C14H16NSi.Ir/c1-23(2,3)19-13-9-12-17-18-15-25-21(16-10-7-6-8-11-16)14-20(18)24(4,5)22(17)19;1-16(2,3)13-9-10-14(15-11-13)12-7-5-4-6-8-12;/h6-10,12-15H,1-5H3;4-7,9-11H,1-3H3;/q2*-1;. The van der Waals surface area contributed by atoms with Gasteiger partial charge in [-0.2, -0.15) is 0 Å². The zero-order chi connectivity index (χ0) is 29.4. The Labute approximate surface area is 267 Å². The van der Waals surface area contributed by atoms with Gasteiger partial charge in [0.1, 0.15) is 0 Å². The number of pyridine rings is 2. The van der Waals surface area contributed by atoms with Gasteiger partial charge in [-0.3, -0.25) is 0 Å². The largest absolute Gasteiger partial charge is 0.305 e. The van der Waals surface area contributed by atoms with E-state index < -0.39 is 8.07 Å². The summed E-state index contributed by atoms with van der Waals surface area (Å²) in [6.07, 6.45) is 4.06. The molecule has 1 radical (unpaired) electrons. The van der Waals surface area contributed by atoms with Crippen LogP contribution in [0, 0.1) is 12.1 Å². The average molecular weight is 745 g/mol. The van der Waals surface area contributed by atoms with Gasteiger partial charge >= 0.3 is 0 Å². The molecule has 0 spiro atoms. The first-order valence-corrected chi connectivity index (χ1v) is 17.9. The molecule has 0 aliphatic heterocycles. The van der Waals surface area contributed by atoms with Crippen molar-refractivity contribution in [1.29, 1.82) is 0 Å². The molecule has 1 aliphatic rings. The van der Waals surface area contributed by atoms with E-state index in [4.69, 9.17) is 4.98 Å². The van der Waals surface area contributed by atoms with Crippen LogP contribution in [0.25, 0.3) is 33.6 Å². The number of hydrogen-bond acceptors (Lipinski definition) is 2. The topological polar surface area (TPSA) is 25.8 Å². The predicted octanol–water partition coefficient (Wildman–Crippen LogP) is 9.24. The number of fused-ring (bicyclic) bond motifs is 3. The van der Waals surface area contributed by atoms with Gasteiger partial charge in [0, 0.05) is 43.5 Å². The van der Waals surface area contributed by atoms with Crippen LogP contribution >= 0.6 is 0 Å². The van der Waals surface area contributed by atoms with Crippen molar-refractivity contribution >= 4 is 13.3 Å². The van der Waals surface area contributed by atoms with Crippen LogP contribution in [0.15, 0.2) is 97.3 Å². The number of aromatic nitrogens is 2. The van der Waals surface area contributed by atoms with Crippen LogP contribution in [0.4, 0.5) is 0 Å². The molecule has 0 bridgehead atoms. The van der Waals surface area contributed by atoms with E-state index in [1.54, 1.807) is 0 Å². The molecule has 0 amide bonds. The fraction of sp³-hybridized carbons (Fsp3) is 0.263. The Morgan fingerprint density at radius 3 is 1.83 bits per heavy atom. The Hall–Kier alpha value is -3.17. The summed E-state index contributed by atoms with van der Waals surface area (Å²) in [6, 6.07) is 35.8. The minimum Gasteiger partial charge on any atom is -0.305 e. The van der Waals surface area contributed by atoms with Gasteiger partial charge in [-0.1, -0.05) is 90.7 Å². The third-order valence-corrected chi connectivity index (χ3v) is 9.99. The van der Waals surface area contributed by atoms with E-state index in [0.717, 1.165) is 22.5 Å². The molecule has 0 saturated heterocycles. The van der Waals surface area contributed by atoms with E-state index in [9.17, 15) is 0 Å². The number of benzene rings is 3. The second-order valence-corrected chi connectivity index (χ2v) is 18.5. The number of rotatable bonds is 3. The minimum absolute atomic E-state index is 0. The van der Waals surface area contributed by atoms with Crippen LogP contribution < -0.4 is 5.19 Å². The van der Waals surface area contributed by atoms with Crippen LogP contribution in [0.1, 0.15) is 51.3 Å². The zero-order valence-corrected chi connectivity index (χ0v) is 29.4. The molecule has 2 heterocycles. The second kappa shape index (κ2) is 12.2. The third kappa shape index (κ3) is 6.42. The van der Waals surface area contributed by atoms with E-state index in [0.29, 0.717) is 0 Å². The monoisotopic (exact) mass is 745 g/mol. The number of nitrogens with zero attached hydrogens (tertiary/aromatic N) is 2. The maximum Gasteiger partial charge on any atom is 0.0795 e. The summed E-state index contributed by atoms with van der Waals surface area (Å²) in [5.41, 5.74) is 11.1. The van der Waals surface area contributed by atoms with Crippen molar-refractivity contribution in [2.75, 3.05) is 0 Å². The van der Waals surface area contributed by atoms with Gasteiger partial charge in [0.15, 0.2) is 0 Å². The van der Waals surface area contributed by atoms with Crippen molar-refractivity contribution in [3.63, 3.8) is 0 Å². The Bertz CT molecular complexity index is 1650. The van der Waals surface area contributed by atoms with E-state index in [1.165, 1.54) is 33.0 Å². The first-order valence-electron chi connectivity index (χ1n) is 14.4. The second-order valence-electron chi connectivity index (χ2n) is 13.5. The van der Waals surface area contributed by atoms with Gasteiger partial charge in [0.2, 0.25) is 0 Å². The average Bonchev–Trinajstić information content (AvgIpc) is 3.19. The van der Waals surface area contributed by atoms with Crippen LogP contribution in [0.5, 0.6) is 0 Å². The van der Waals surface area contributed by atoms with Crippen molar-refractivity contribution in [3.8, 4) is 33.6 Å². The quantitative estimate of drug-likeness (QED) is 0.136. The minimum atomic E-state index is -1.23. The molecule has 5 aromatic rings. The van der Waals surface area contributed by atoms with Crippen LogP contribution in [-0.4, -0.2) is 18.0 Å². The fourth-order valence-corrected chi connectivity index (χ4v) is 6.68. The normalized spacial score (nSPS) is 13.2. The Morgan fingerprint density at radius 2 is 1.31 bits per heavy atom. The van der Waals surface area contributed by atoms with Gasteiger partial charge < -0.3 is 9.97 Å². The van der Waals surface area contributed by atoms with Gasteiger partial charge in [-0.15, -0.1) is 71.8 Å². The molecule has 0 atom stereocenters. The predicted molar refractivity (Wildman–Crippen MR) is 176 cm³/mol. The van der Waals surface area contributed by atoms with Crippen molar-refractivity contribution in [2.45, 2.75) is 65.1 Å². The first kappa shape index (κ1) is 31.8. The Kier molecular flexibility index (Phi) is 9.23. The van der Waals surface area contributed by atoms with Gasteiger partial charge in [0.05, 0.1) is 8.07 Å². The smallest absolute Gasteiger partial charge is 0.0795 e. The van der Waals surface area contributed by atoms with Crippen LogP contribution in [-0.2, 0) is 30.9 Å². The Morgan fingerprint density at radius 1 is 0.690 bits per heavy atom. The summed E-state index contributed by atoms with van der Waals surface area (Å²) < 4.78 is 0. The molecule has 4 heteroatoms. The maximum atomic E-state index is 4.75. The van der Waals surface area contributed by atoms with E-state index in [2.05, 4.69) is 114 Å². The van der Waals surface area contributed by atoms with Crippen LogP contribution in [0.2, 0.25) is 19.6 Å². The molecule has 0 fully saturated rings. The van der Waals surface area contributed by atoms with Gasteiger partial charge in [-0.25, -0.2) is 0 Å². The molecule has 42 heavy (non-hydrogen) atoms. The summed E-state index contributed by atoms with van der Waals surface area (Å²) in [5.74, 6) is 0. The molecule has 217 valence electrons. The first-order chi connectivity index (χ1) is 19.4. The van der Waals surface area contributed by atoms with Gasteiger partial charge in [-0.05, 0) is 44.2 Å². The van der Waals surface area contributed by atoms with E-state index in [1.807, 2.05) is 54.9 Å². The maximum absolute atomic E-state index is 4.75. The summed E-state index contributed by atoms with van der Waals surface area (Å²) >= 11 is 0. The SMILES string of the molecule is CC(C)(C)c1cccc2c1C(C)(C)c1cc(-c3[c-]cccc3)ncc1-2.C[Si](C)(C)c1ccc(-c2[c-]cccc2)nc1.[Ir]. The summed E-state index contributed by atoms with van der Waals surface area (Å²) in [5, 5.41) is 1.40. The zero-order valence-electron chi connectivity index (χ0n) is 26.0. The summed E-state index contributed by atoms with van der Waals surface area (Å²) in [4.78, 5) is 9.26. The van der Waals surface area contributed by atoms with Gasteiger partial charge in [0.25, 0.3) is 0 Å². The molecule has 2 aromatic heterocycles. The van der Waals surface area contributed by atoms with E-state index in [-0.39, 0.29) is 30.9 Å². The van der Waals surface area contributed by atoms with E-state index >= 15 is 0 Å². The molecule has 2 nitrogen and oxygen atoms in total. The molecule has 0 N–H and O–H groups in total. The third-order valence-electron chi connectivity index (χ3n) is 7.96. The number of hydrogen-bond donors (Lipinski definition) is 0. The molecule has 1 aliphatic carbocycles. The molecular weight excluding hydrogens is 705 g/mol. The molecule has 0 unspecified atom stereocenters. The molecule has 6 rings (SSSR count). The molecule has 0 saturated carbocycles. The summed E-state index contributed by atoms with van der Waals surface area (Å²) in [7, 11) is -1.23. The molecule has 3 aromatic carbocycles. The van der Waals surface area contributed by atoms with Crippen LogP contribution in [0.3, 0.4) is 0 Å². The van der Waals surface area contributed by atoms with Crippen molar-refractivity contribution in [3.05, 3.63) is 126 Å². The van der Waals surface area contributed by atoms with Crippen molar-refractivity contribution in [2.24, 2.45) is 0 Å². The molecular formula is C38H40IrN2Si-2. The van der Waals surface area contributed by atoms with Crippen molar-refractivity contribution in [1.82, 2.24) is 9.97 Å². The van der Waals surface area contributed by atoms with Crippen molar-refractivity contribution < 1.29 is 20.1 Å². The fourth-order valence-electron chi connectivity index (χ4n) is 5.65.